The van der Waals surface area contributed by atoms with E-state index in [2.05, 4.69) is 0 Å². The maximum Gasteiger partial charge on any atom is 0.336 e. The second-order valence-corrected chi connectivity index (χ2v) is 9.02. The van der Waals surface area contributed by atoms with Crippen LogP contribution >= 0.6 is 0 Å². The van der Waals surface area contributed by atoms with E-state index in [0.717, 1.165) is 16.7 Å². The number of ether oxygens (including phenoxy) is 1. The van der Waals surface area contributed by atoms with Crippen molar-refractivity contribution in [1.29, 1.82) is 0 Å². The Morgan fingerprint density at radius 2 is 1.91 bits per heavy atom. The van der Waals surface area contributed by atoms with E-state index in [1.165, 1.54) is 17.0 Å². The molecule has 0 spiro atoms. The molecule has 0 unspecified atom stereocenters. The minimum atomic E-state index is -0.463. The second kappa shape index (κ2) is 9.98. The average molecular weight is 451 g/mol. The van der Waals surface area contributed by atoms with E-state index in [-0.39, 0.29) is 37.1 Å². The Morgan fingerprint density at radius 1 is 1.18 bits per heavy atom. The van der Waals surface area contributed by atoms with Crippen molar-refractivity contribution in [1.82, 2.24) is 4.90 Å². The predicted octanol–water partition coefficient (Wildman–Crippen LogP) is 5.20. The van der Waals surface area contributed by atoms with Crippen molar-refractivity contribution in [2.45, 2.75) is 53.5 Å². The van der Waals surface area contributed by atoms with Crippen LogP contribution in [0.5, 0.6) is 0 Å². The smallest absolute Gasteiger partial charge is 0.336 e. The van der Waals surface area contributed by atoms with E-state index in [4.69, 9.17) is 4.74 Å². The number of esters is 1. The lowest BCUT2D eigenvalue weighted by molar-refractivity contribution is -0.384. The van der Waals surface area contributed by atoms with E-state index in [9.17, 15) is 19.7 Å². The number of rotatable bonds is 7. The van der Waals surface area contributed by atoms with Crippen molar-refractivity contribution in [2.24, 2.45) is 5.92 Å². The minimum absolute atomic E-state index is 0.0385. The highest BCUT2D eigenvalue weighted by Crippen LogP contribution is 2.39. The van der Waals surface area contributed by atoms with Gasteiger partial charge in [-0.05, 0) is 43.4 Å². The highest BCUT2D eigenvalue weighted by atomic mass is 16.6. The average Bonchev–Trinajstić information content (AvgIpc) is 2.76. The molecular formula is C26H30N2O5. The van der Waals surface area contributed by atoms with Crippen LogP contribution in [0.4, 0.5) is 5.69 Å². The fraction of sp³-hybridized carbons (Fsp3) is 0.385. The van der Waals surface area contributed by atoms with Gasteiger partial charge in [-0.25, -0.2) is 4.79 Å². The zero-order valence-electron chi connectivity index (χ0n) is 19.8. The Labute approximate surface area is 194 Å². The minimum Gasteiger partial charge on any atom is -0.462 e. The largest absolute Gasteiger partial charge is 0.462 e. The third kappa shape index (κ3) is 5.48. The van der Waals surface area contributed by atoms with Crippen molar-refractivity contribution in [3.63, 3.8) is 0 Å². The van der Waals surface area contributed by atoms with Crippen molar-refractivity contribution in [2.75, 3.05) is 6.61 Å². The van der Waals surface area contributed by atoms with Gasteiger partial charge in [-0.15, -0.1) is 0 Å². The number of nitro benzene ring substituents is 1. The van der Waals surface area contributed by atoms with Crippen LogP contribution < -0.4 is 0 Å². The normalized spacial score (nSPS) is 16.4. The summed E-state index contributed by atoms with van der Waals surface area (Å²) >= 11 is 0. The number of carbonyl (C=O) groups excluding carboxylic acids is 2. The third-order valence-corrected chi connectivity index (χ3v) is 5.86. The SMILES string of the molecule is CC1=C(C(=O)OCC(C)C)[C@H](c2cc(C)ccc2C)CC(=O)N1Cc1cccc([N+](=O)[O-])c1. The molecule has 0 N–H and O–H groups in total. The molecule has 1 heterocycles. The molecule has 0 saturated heterocycles. The number of allylic oxidation sites excluding steroid dienone is 1. The Balaban J connectivity index is 2.05. The molecule has 0 saturated carbocycles. The monoisotopic (exact) mass is 450 g/mol. The summed E-state index contributed by atoms with van der Waals surface area (Å²) < 4.78 is 5.60. The number of benzene rings is 2. The molecule has 1 aliphatic heterocycles. The maximum atomic E-state index is 13.2. The van der Waals surface area contributed by atoms with Crippen LogP contribution in [0.3, 0.4) is 0 Å². The van der Waals surface area contributed by atoms with Gasteiger partial charge in [-0.3, -0.25) is 14.9 Å². The van der Waals surface area contributed by atoms with Crippen LogP contribution in [0.25, 0.3) is 0 Å². The van der Waals surface area contributed by atoms with Gasteiger partial charge >= 0.3 is 5.97 Å². The van der Waals surface area contributed by atoms with E-state index in [1.54, 1.807) is 19.1 Å². The maximum absolute atomic E-state index is 13.2. The number of nitrogens with zero attached hydrogens (tertiary/aromatic N) is 2. The van der Waals surface area contributed by atoms with E-state index >= 15 is 0 Å². The molecule has 1 atom stereocenters. The van der Waals surface area contributed by atoms with Gasteiger partial charge in [0.2, 0.25) is 5.91 Å². The van der Waals surface area contributed by atoms with Gasteiger partial charge in [-0.1, -0.05) is 49.7 Å². The van der Waals surface area contributed by atoms with Gasteiger partial charge in [-0.2, -0.15) is 0 Å². The molecular weight excluding hydrogens is 420 g/mol. The Kier molecular flexibility index (Phi) is 7.31. The number of hydrogen-bond donors (Lipinski definition) is 0. The van der Waals surface area contributed by atoms with Crippen molar-refractivity contribution >= 4 is 17.6 Å². The molecule has 33 heavy (non-hydrogen) atoms. The summed E-state index contributed by atoms with van der Waals surface area (Å²) in [7, 11) is 0. The van der Waals surface area contributed by atoms with Crippen LogP contribution in [0.2, 0.25) is 0 Å². The molecule has 2 aromatic carbocycles. The topological polar surface area (TPSA) is 89.8 Å². The summed E-state index contributed by atoms with van der Waals surface area (Å²) in [6.45, 7) is 10.1. The fourth-order valence-corrected chi connectivity index (χ4v) is 4.14. The first-order valence-electron chi connectivity index (χ1n) is 11.1. The lowest BCUT2D eigenvalue weighted by Gasteiger charge is -2.35. The van der Waals surface area contributed by atoms with Crippen molar-refractivity contribution < 1.29 is 19.2 Å². The molecule has 3 rings (SSSR count). The fourth-order valence-electron chi connectivity index (χ4n) is 4.14. The Bertz CT molecular complexity index is 1120. The quantitative estimate of drug-likeness (QED) is 0.328. The highest BCUT2D eigenvalue weighted by Gasteiger charge is 2.37. The van der Waals surface area contributed by atoms with Crippen molar-refractivity contribution in [3.05, 3.63) is 86.1 Å². The van der Waals surface area contributed by atoms with Crippen LogP contribution in [0, 0.1) is 29.9 Å². The molecule has 0 aliphatic carbocycles. The lowest BCUT2D eigenvalue weighted by atomic mass is 9.81. The summed E-state index contributed by atoms with van der Waals surface area (Å²) in [4.78, 5) is 38.7. The van der Waals surface area contributed by atoms with Gasteiger partial charge in [0.05, 0.1) is 23.6 Å². The number of aryl methyl sites for hydroxylation is 2. The molecule has 2 aromatic rings. The summed E-state index contributed by atoms with van der Waals surface area (Å²) in [5, 5.41) is 11.2. The molecule has 0 fully saturated rings. The van der Waals surface area contributed by atoms with Crippen LogP contribution in [-0.2, 0) is 20.9 Å². The molecule has 1 aliphatic rings. The zero-order valence-corrected chi connectivity index (χ0v) is 19.8. The Hall–Kier alpha value is -3.48. The molecule has 0 aromatic heterocycles. The third-order valence-electron chi connectivity index (χ3n) is 5.86. The van der Waals surface area contributed by atoms with Crippen LogP contribution in [0.15, 0.2) is 53.7 Å². The number of nitro groups is 1. The van der Waals surface area contributed by atoms with Crippen LogP contribution in [-0.4, -0.2) is 28.3 Å². The van der Waals surface area contributed by atoms with Gasteiger partial charge in [0.1, 0.15) is 0 Å². The van der Waals surface area contributed by atoms with E-state index < -0.39 is 16.8 Å². The van der Waals surface area contributed by atoms with Gasteiger partial charge < -0.3 is 9.64 Å². The molecule has 0 bridgehead atoms. The van der Waals surface area contributed by atoms with Crippen LogP contribution in [0.1, 0.15) is 55.4 Å². The van der Waals surface area contributed by atoms with Gasteiger partial charge in [0.15, 0.2) is 0 Å². The van der Waals surface area contributed by atoms with Gasteiger partial charge in [0, 0.05) is 30.2 Å². The zero-order chi connectivity index (χ0) is 24.3. The first-order chi connectivity index (χ1) is 15.6. The summed E-state index contributed by atoms with van der Waals surface area (Å²) in [6, 6.07) is 12.2. The van der Waals surface area contributed by atoms with E-state index in [1.807, 2.05) is 45.9 Å². The second-order valence-electron chi connectivity index (χ2n) is 9.02. The first-order valence-corrected chi connectivity index (χ1v) is 11.1. The molecule has 0 radical (unpaired) electrons. The number of carbonyl (C=O) groups is 2. The number of hydrogen-bond acceptors (Lipinski definition) is 5. The molecule has 7 nitrogen and oxygen atoms in total. The Morgan fingerprint density at radius 3 is 2.58 bits per heavy atom. The molecule has 1 amide bonds. The standard InChI is InChI=1S/C26H30N2O5/c1-16(2)15-33-26(30)25-19(5)27(14-20-7-6-8-21(12-20)28(31)32)24(29)13-23(25)22-11-17(3)9-10-18(22)4/h6-12,16,23H,13-15H2,1-5H3/t23-/m0/s1. The van der Waals surface area contributed by atoms with E-state index in [0.29, 0.717) is 16.8 Å². The van der Waals surface area contributed by atoms with Gasteiger partial charge in [0.25, 0.3) is 5.69 Å². The summed E-state index contributed by atoms with van der Waals surface area (Å²) in [5.41, 5.74) is 4.57. The number of non-ortho nitro benzene ring substituents is 1. The summed E-state index contributed by atoms with van der Waals surface area (Å²) in [5.74, 6) is -0.785. The molecule has 174 valence electrons. The highest BCUT2D eigenvalue weighted by molar-refractivity contribution is 5.96. The van der Waals surface area contributed by atoms with Crippen molar-refractivity contribution in [3.8, 4) is 0 Å². The summed E-state index contributed by atoms with van der Waals surface area (Å²) in [6.07, 6.45) is 0.128. The first kappa shape index (κ1) is 24.2. The predicted molar refractivity (Wildman–Crippen MR) is 125 cm³/mol. The molecule has 7 heteroatoms. The lowest BCUT2D eigenvalue weighted by Crippen LogP contribution is -2.38. The number of amides is 1.